The Bertz CT molecular complexity index is 861. The van der Waals surface area contributed by atoms with Crippen molar-refractivity contribution >= 4 is 5.97 Å². The number of allylic oxidation sites excluding steroid dienone is 14. The van der Waals surface area contributed by atoms with Crippen LogP contribution in [0.2, 0.25) is 0 Å². The monoisotopic (exact) mass is 653 g/mol. The summed E-state index contributed by atoms with van der Waals surface area (Å²) in [5, 5.41) is 9.56. The van der Waals surface area contributed by atoms with Gasteiger partial charge in [-0.2, -0.15) is 0 Å². The van der Waals surface area contributed by atoms with Crippen LogP contribution in [0.4, 0.5) is 0 Å². The van der Waals surface area contributed by atoms with Gasteiger partial charge in [0.05, 0.1) is 13.2 Å². The van der Waals surface area contributed by atoms with Crippen LogP contribution in [0, 0.1) is 0 Å². The Morgan fingerprint density at radius 1 is 0.532 bits per heavy atom. The number of hydrogen-bond donors (Lipinski definition) is 1. The van der Waals surface area contributed by atoms with Crippen LogP contribution in [0.3, 0.4) is 0 Å². The Morgan fingerprint density at radius 2 is 0.957 bits per heavy atom. The lowest BCUT2D eigenvalue weighted by Crippen LogP contribution is -2.27. The molecule has 0 aliphatic rings. The van der Waals surface area contributed by atoms with Crippen molar-refractivity contribution in [1.82, 2.24) is 0 Å². The molecular formula is C43H72O4. The lowest BCUT2D eigenvalue weighted by Gasteiger charge is -2.15. The minimum absolute atomic E-state index is 0.198. The number of unbranched alkanes of at least 4 members (excludes halogenated alkanes) is 12. The summed E-state index contributed by atoms with van der Waals surface area (Å²) in [7, 11) is 0. The minimum atomic E-state index is -0.566. The number of carbonyl (C=O) groups excluding carboxylic acids is 1. The molecule has 4 heteroatoms. The number of ether oxygens (including phenoxy) is 2. The second-order valence-corrected chi connectivity index (χ2v) is 12.3. The van der Waals surface area contributed by atoms with E-state index in [0.717, 1.165) is 70.6 Å². The predicted molar refractivity (Wildman–Crippen MR) is 205 cm³/mol. The molecule has 0 spiro atoms. The number of carbonyl (C=O) groups is 1. The first kappa shape index (κ1) is 44.6. The van der Waals surface area contributed by atoms with Gasteiger partial charge in [0.15, 0.2) is 0 Å². The van der Waals surface area contributed by atoms with E-state index in [1.165, 1.54) is 64.2 Å². The summed E-state index contributed by atoms with van der Waals surface area (Å²) in [6.45, 7) is 5.12. The van der Waals surface area contributed by atoms with Crippen LogP contribution in [-0.4, -0.2) is 37.0 Å². The molecule has 0 aromatic heterocycles. The van der Waals surface area contributed by atoms with Gasteiger partial charge in [0.2, 0.25) is 0 Å². The second kappa shape index (κ2) is 39.7. The van der Waals surface area contributed by atoms with Gasteiger partial charge >= 0.3 is 5.97 Å². The number of hydrogen-bond acceptors (Lipinski definition) is 4. The van der Waals surface area contributed by atoms with E-state index < -0.39 is 6.10 Å². The molecule has 268 valence electrons. The van der Waals surface area contributed by atoms with Crippen molar-refractivity contribution in [3.63, 3.8) is 0 Å². The first-order valence-electron chi connectivity index (χ1n) is 19.2. The first-order chi connectivity index (χ1) is 23.2. The zero-order valence-electron chi connectivity index (χ0n) is 30.5. The minimum Gasteiger partial charge on any atom is -0.457 e. The Balaban J connectivity index is 3.56. The number of rotatable bonds is 34. The molecule has 0 radical (unpaired) electrons. The van der Waals surface area contributed by atoms with Crippen molar-refractivity contribution in [1.29, 1.82) is 0 Å². The molecule has 0 aromatic rings. The molecule has 1 unspecified atom stereocenters. The summed E-state index contributed by atoms with van der Waals surface area (Å²) in [6, 6.07) is 0. The fourth-order valence-corrected chi connectivity index (χ4v) is 4.85. The van der Waals surface area contributed by atoms with Crippen LogP contribution >= 0.6 is 0 Å². The summed E-state index contributed by atoms with van der Waals surface area (Å²) >= 11 is 0. The molecule has 0 aromatic carbocycles. The molecule has 0 heterocycles. The van der Waals surface area contributed by atoms with E-state index >= 15 is 0 Å². The van der Waals surface area contributed by atoms with Crippen LogP contribution in [0.25, 0.3) is 0 Å². The Labute approximate surface area is 290 Å². The largest absolute Gasteiger partial charge is 0.457 e. The smallest absolute Gasteiger partial charge is 0.306 e. The van der Waals surface area contributed by atoms with Gasteiger partial charge in [-0.25, -0.2) is 0 Å². The van der Waals surface area contributed by atoms with E-state index in [-0.39, 0.29) is 19.2 Å². The molecule has 1 atom stereocenters. The zero-order valence-corrected chi connectivity index (χ0v) is 30.5. The van der Waals surface area contributed by atoms with Crippen LogP contribution in [-0.2, 0) is 14.3 Å². The average molecular weight is 653 g/mol. The third kappa shape index (κ3) is 37.9. The number of aliphatic hydroxyl groups is 1. The Kier molecular flexibility index (Phi) is 37.7. The van der Waals surface area contributed by atoms with Crippen molar-refractivity contribution in [3.05, 3.63) is 85.1 Å². The lowest BCUT2D eigenvalue weighted by atomic mass is 10.1. The predicted octanol–water partition coefficient (Wildman–Crippen LogP) is 12.4. The molecule has 1 N–H and O–H groups in total. The highest BCUT2D eigenvalue weighted by molar-refractivity contribution is 5.69. The normalized spacial score (nSPS) is 13.3. The molecule has 0 fully saturated rings. The summed E-state index contributed by atoms with van der Waals surface area (Å²) in [4.78, 5) is 12.1. The number of aliphatic hydroxyl groups excluding tert-OH is 1. The first-order valence-corrected chi connectivity index (χ1v) is 19.2. The summed E-state index contributed by atoms with van der Waals surface area (Å²) in [5.74, 6) is -0.249. The van der Waals surface area contributed by atoms with E-state index in [1.807, 2.05) is 0 Å². The quantitative estimate of drug-likeness (QED) is 0.0427. The highest BCUT2D eigenvalue weighted by Gasteiger charge is 2.13. The Hall–Kier alpha value is -2.43. The highest BCUT2D eigenvalue weighted by atomic mass is 16.6. The SMILES string of the molecule is CC/C=C\C/C=C\C/C=C\C/C=C\CCCCC(=O)OC(CO)COCCCCCCCCC/C=C\C/C=C\C/C=C\CCCCC. The summed E-state index contributed by atoms with van der Waals surface area (Å²) in [5.41, 5.74) is 0. The average Bonchev–Trinajstić information content (AvgIpc) is 3.08. The van der Waals surface area contributed by atoms with Crippen molar-refractivity contribution in [3.8, 4) is 0 Å². The van der Waals surface area contributed by atoms with Crippen LogP contribution in [0.15, 0.2) is 85.1 Å². The third-order valence-electron chi connectivity index (χ3n) is 7.70. The van der Waals surface area contributed by atoms with Gasteiger partial charge in [0, 0.05) is 13.0 Å². The molecule has 0 amide bonds. The maximum Gasteiger partial charge on any atom is 0.306 e. The molecule has 0 saturated carbocycles. The van der Waals surface area contributed by atoms with Crippen molar-refractivity contribution in [2.45, 2.75) is 161 Å². The van der Waals surface area contributed by atoms with Gasteiger partial charge in [-0.05, 0) is 89.9 Å². The van der Waals surface area contributed by atoms with Gasteiger partial charge in [0.25, 0.3) is 0 Å². The maximum absolute atomic E-state index is 12.1. The van der Waals surface area contributed by atoms with Crippen LogP contribution in [0.1, 0.15) is 155 Å². The molecule has 0 saturated heterocycles. The van der Waals surface area contributed by atoms with Crippen molar-refractivity contribution in [2.24, 2.45) is 0 Å². The summed E-state index contributed by atoms with van der Waals surface area (Å²) < 4.78 is 11.1. The third-order valence-corrected chi connectivity index (χ3v) is 7.70. The zero-order chi connectivity index (χ0) is 34.1. The van der Waals surface area contributed by atoms with E-state index in [4.69, 9.17) is 9.47 Å². The van der Waals surface area contributed by atoms with E-state index in [1.54, 1.807) is 0 Å². The second-order valence-electron chi connectivity index (χ2n) is 12.3. The topological polar surface area (TPSA) is 55.8 Å². The molecule has 0 aliphatic heterocycles. The van der Waals surface area contributed by atoms with Crippen LogP contribution in [0.5, 0.6) is 0 Å². The van der Waals surface area contributed by atoms with Gasteiger partial charge in [-0.15, -0.1) is 0 Å². The van der Waals surface area contributed by atoms with Gasteiger partial charge in [-0.1, -0.05) is 144 Å². The fraction of sp³-hybridized carbons (Fsp3) is 0.651. The fourth-order valence-electron chi connectivity index (χ4n) is 4.85. The molecule has 0 rings (SSSR count). The van der Waals surface area contributed by atoms with Gasteiger partial charge in [-0.3, -0.25) is 4.79 Å². The molecule has 47 heavy (non-hydrogen) atoms. The molecular weight excluding hydrogens is 580 g/mol. The maximum atomic E-state index is 12.1. The molecule has 0 bridgehead atoms. The molecule has 0 aliphatic carbocycles. The van der Waals surface area contributed by atoms with Crippen molar-refractivity contribution in [2.75, 3.05) is 19.8 Å². The van der Waals surface area contributed by atoms with Crippen molar-refractivity contribution < 1.29 is 19.4 Å². The Morgan fingerprint density at radius 3 is 1.45 bits per heavy atom. The van der Waals surface area contributed by atoms with E-state index in [2.05, 4.69) is 98.9 Å². The lowest BCUT2D eigenvalue weighted by molar-refractivity contribution is -0.154. The van der Waals surface area contributed by atoms with Gasteiger partial charge in [0.1, 0.15) is 6.10 Å². The van der Waals surface area contributed by atoms with E-state index in [9.17, 15) is 9.90 Å². The van der Waals surface area contributed by atoms with Crippen LogP contribution < -0.4 is 0 Å². The standard InChI is InChI=1S/C43H72O4/c1-3-5-7-9-11-13-15-17-19-20-21-22-23-25-27-29-31-33-35-37-39-46-41-42(40-44)47-43(45)38-36-34-32-30-28-26-24-18-16-14-12-10-8-6-4-2/h6,8,11-14,17-19,21-22,24,28,30,42,44H,3-5,7,9-10,15-16,20,23,25-27,29,31-41H2,1-2H3/b8-6-,13-11-,14-12-,19-17-,22-21-,24-18-,30-28-. The van der Waals surface area contributed by atoms with E-state index in [0.29, 0.717) is 13.0 Å². The summed E-state index contributed by atoms with van der Waals surface area (Å²) in [6.07, 6.45) is 54.8. The highest BCUT2D eigenvalue weighted by Crippen LogP contribution is 2.10. The molecule has 4 nitrogen and oxygen atoms in total. The van der Waals surface area contributed by atoms with Gasteiger partial charge < -0.3 is 14.6 Å². The number of esters is 1.